The zero-order valence-electron chi connectivity index (χ0n) is 13.5. The highest BCUT2D eigenvalue weighted by Crippen LogP contribution is 2.27. The number of para-hydroxylation sites is 1. The molecule has 0 bridgehead atoms. The Bertz CT molecular complexity index is 814. The number of hydrogen-bond acceptors (Lipinski definition) is 3. The van der Waals surface area contributed by atoms with Crippen LogP contribution in [-0.2, 0) is 11.2 Å². The third-order valence-corrected chi connectivity index (χ3v) is 5.68. The van der Waals surface area contributed by atoms with E-state index in [1.165, 1.54) is 23.1 Å². The molecular weight excluding hydrogens is 316 g/mol. The highest BCUT2D eigenvalue weighted by molar-refractivity contribution is 7.18. The summed E-state index contributed by atoms with van der Waals surface area (Å²) in [5, 5.41) is 4.17. The Labute approximate surface area is 145 Å². The van der Waals surface area contributed by atoms with Crippen LogP contribution in [0, 0.1) is 5.92 Å². The summed E-state index contributed by atoms with van der Waals surface area (Å²) in [5.41, 5.74) is 3.17. The first kappa shape index (κ1) is 15.3. The van der Waals surface area contributed by atoms with Gasteiger partial charge in [-0.3, -0.25) is 4.79 Å². The lowest BCUT2D eigenvalue weighted by Gasteiger charge is -2.10. The van der Waals surface area contributed by atoms with Crippen LogP contribution < -0.4 is 5.32 Å². The van der Waals surface area contributed by atoms with Gasteiger partial charge < -0.3 is 5.32 Å². The molecule has 0 aliphatic heterocycles. The fraction of sp³-hybridized carbons (Fsp3) is 0.300. The normalized spacial score (nSPS) is 15.0. The van der Waals surface area contributed by atoms with E-state index in [1.54, 1.807) is 11.3 Å². The van der Waals surface area contributed by atoms with Crippen molar-refractivity contribution < 1.29 is 4.79 Å². The van der Waals surface area contributed by atoms with E-state index in [0.717, 1.165) is 35.5 Å². The molecule has 122 valence electrons. The van der Waals surface area contributed by atoms with Crippen molar-refractivity contribution in [2.75, 3.05) is 5.32 Å². The summed E-state index contributed by atoms with van der Waals surface area (Å²) < 4.78 is 1.23. The van der Waals surface area contributed by atoms with Crippen LogP contribution in [0.4, 0.5) is 5.69 Å². The lowest BCUT2D eigenvalue weighted by Crippen LogP contribution is -2.20. The molecule has 1 aromatic heterocycles. The van der Waals surface area contributed by atoms with Crippen molar-refractivity contribution in [3.63, 3.8) is 0 Å². The molecule has 0 spiro atoms. The van der Waals surface area contributed by atoms with Crippen LogP contribution >= 0.6 is 11.3 Å². The molecule has 1 amide bonds. The summed E-state index contributed by atoms with van der Waals surface area (Å²) in [5.74, 6) is 0.374. The van der Waals surface area contributed by atoms with E-state index in [1.807, 2.05) is 24.3 Å². The number of nitrogens with one attached hydrogen (secondary N) is 1. The van der Waals surface area contributed by atoms with Gasteiger partial charge in [-0.25, -0.2) is 4.98 Å². The zero-order chi connectivity index (χ0) is 16.4. The van der Waals surface area contributed by atoms with Gasteiger partial charge in [0.25, 0.3) is 0 Å². The van der Waals surface area contributed by atoms with E-state index < -0.39 is 0 Å². The standard InChI is InChI=1S/C20H20N2OS/c23-20(15-5-1-2-6-15)21-16-11-9-14(10-12-16)13-19-22-17-7-3-4-8-18(17)24-19/h3-4,7-12,15H,1-2,5-6,13H2,(H,21,23). The van der Waals surface area contributed by atoms with Gasteiger partial charge in [0, 0.05) is 18.0 Å². The average molecular weight is 336 g/mol. The number of fused-ring (bicyclic) bond motifs is 1. The van der Waals surface area contributed by atoms with Crippen LogP contribution in [0.5, 0.6) is 0 Å². The number of aromatic nitrogens is 1. The Hall–Kier alpha value is -2.20. The molecule has 1 heterocycles. The van der Waals surface area contributed by atoms with Crippen LogP contribution in [-0.4, -0.2) is 10.9 Å². The van der Waals surface area contributed by atoms with Crippen LogP contribution in [0.15, 0.2) is 48.5 Å². The van der Waals surface area contributed by atoms with Crippen molar-refractivity contribution in [1.82, 2.24) is 4.98 Å². The number of carbonyl (C=O) groups is 1. The number of thiazole rings is 1. The summed E-state index contributed by atoms with van der Waals surface area (Å²) >= 11 is 1.74. The molecule has 0 atom stereocenters. The minimum atomic E-state index is 0.173. The number of carbonyl (C=O) groups excluding carboxylic acids is 1. The molecule has 1 aliphatic carbocycles. The van der Waals surface area contributed by atoms with Gasteiger partial charge >= 0.3 is 0 Å². The highest BCUT2D eigenvalue weighted by atomic mass is 32.1. The molecule has 4 rings (SSSR count). The van der Waals surface area contributed by atoms with Crippen LogP contribution in [0.2, 0.25) is 0 Å². The smallest absolute Gasteiger partial charge is 0.227 e. The maximum absolute atomic E-state index is 12.2. The van der Waals surface area contributed by atoms with E-state index in [-0.39, 0.29) is 11.8 Å². The van der Waals surface area contributed by atoms with E-state index in [9.17, 15) is 4.79 Å². The molecule has 2 aromatic carbocycles. The number of hydrogen-bond donors (Lipinski definition) is 1. The molecule has 3 nitrogen and oxygen atoms in total. The van der Waals surface area contributed by atoms with Gasteiger partial charge in [-0.1, -0.05) is 37.1 Å². The van der Waals surface area contributed by atoms with Crippen molar-refractivity contribution in [3.8, 4) is 0 Å². The second-order valence-corrected chi connectivity index (χ2v) is 7.53. The molecule has 1 N–H and O–H groups in total. The lowest BCUT2D eigenvalue weighted by atomic mass is 10.1. The first-order chi connectivity index (χ1) is 11.8. The Kier molecular flexibility index (Phi) is 4.30. The summed E-state index contributed by atoms with van der Waals surface area (Å²) in [4.78, 5) is 16.9. The second kappa shape index (κ2) is 6.73. The minimum Gasteiger partial charge on any atom is -0.326 e. The molecule has 1 fully saturated rings. The topological polar surface area (TPSA) is 42.0 Å². The number of benzene rings is 2. The molecule has 1 saturated carbocycles. The van der Waals surface area contributed by atoms with Crippen molar-refractivity contribution in [2.45, 2.75) is 32.1 Å². The van der Waals surface area contributed by atoms with E-state index >= 15 is 0 Å². The van der Waals surface area contributed by atoms with E-state index in [0.29, 0.717) is 0 Å². The van der Waals surface area contributed by atoms with Gasteiger partial charge in [-0.05, 0) is 42.7 Å². The Morgan fingerprint density at radius 3 is 2.58 bits per heavy atom. The average Bonchev–Trinajstić information content (AvgIpc) is 3.25. The number of nitrogens with zero attached hydrogens (tertiary/aromatic N) is 1. The first-order valence-electron chi connectivity index (χ1n) is 8.52. The lowest BCUT2D eigenvalue weighted by molar-refractivity contribution is -0.119. The Morgan fingerprint density at radius 1 is 1.08 bits per heavy atom. The fourth-order valence-corrected chi connectivity index (χ4v) is 4.31. The Morgan fingerprint density at radius 2 is 1.83 bits per heavy atom. The van der Waals surface area contributed by atoms with Crippen molar-refractivity contribution in [3.05, 3.63) is 59.1 Å². The van der Waals surface area contributed by atoms with Crippen molar-refractivity contribution in [2.24, 2.45) is 5.92 Å². The van der Waals surface area contributed by atoms with Crippen LogP contribution in [0.25, 0.3) is 10.2 Å². The summed E-state index contributed by atoms with van der Waals surface area (Å²) in [6, 6.07) is 16.4. The molecule has 0 unspecified atom stereocenters. The van der Waals surface area contributed by atoms with Gasteiger partial charge in [0.1, 0.15) is 0 Å². The van der Waals surface area contributed by atoms with Gasteiger partial charge in [-0.15, -0.1) is 11.3 Å². The SMILES string of the molecule is O=C(Nc1ccc(Cc2nc3ccccc3s2)cc1)C1CCCC1. The maximum atomic E-state index is 12.2. The Balaban J connectivity index is 1.42. The summed E-state index contributed by atoms with van der Waals surface area (Å²) in [6.07, 6.45) is 5.25. The van der Waals surface area contributed by atoms with Crippen LogP contribution in [0.3, 0.4) is 0 Å². The quantitative estimate of drug-likeness (QED) is 0.727. The predicted molar refractivity (Wildman–Crippen MR) is 99.5 cm³/mol. The summed E-state index contributed by atoms with van der Waals surface area (Å²) in [7, 11) is 0. The molecule has 0 saturated heterocycles. The third-order valence-electron chi connectivity index (χ3n) is 4.64. The van der Waals surface area contributed by atoms with Crippen molar-refractivity contribution >= 4 is 33.1 Å². The van der Waals surface area contributed by atoms with Gasteiger partial charge in [0.15, 0.2) is 0 Å². The van der Waals surface area contributed by atoms with E-state index in [2.05, 4.69) is 34.6 Å². The largest absolute Gasteiger partial charge is 0.326 e. The van der Waals surface area contributed by atoms with Crippen molar-refractivity contribution in [1.29, 1.82) is 0 Å². The maximum Gasteiger partial charge on any atom is 0.227 e. The highest BCUT2D eigenvalue weighted by Gasteiger charge is 2.22. The first-order valence-corrected chi connectivity index (χ1v) is 9.34. The molecule has 4 heteroatoms. The second-order valence-electron chi connectivity index (χ2n) is 6.42. The summed E-state index contributed by atoms with van der Waals surface area (Å²) in [6.45, 7) is 0. The number of rotatable bonds is 4. The molecule has 1 aliphatic rings. The van der Waals surface area contributed by atoms with Gasteiger partial charge in [0.2, 0.25) is 5.91 Å². The molecular formula is C20H20N2OS. The van der Waals surface area contributed by atoms with E-state index in [4.69, 9.17) is 0 Å². The fourth-order valence-electron chi connectivity index (χ4n) is 3.31. The third kappa shape index (κ3) is 3.34. The van der Waals surface area contributed by atoms with Crippen LogP contribution in [0.1, 0.15) is 36.3 Å². The molecule has 24 heavy (non-hydrogen) atoms. The number of anilines is 1. The van der Waals surface area contributed by atoms with Gasteiger partial charge in [-0.2, -0.15) is 0 Å². The molecule has 3 aromatic rings. The molecule has 0 radical (unpaired) electrons. The monoisotopic (exact) mass is 336 g/mol. The van der Waals surface area contributed by atoms with Gasteiger partial charge in [0.05, 0.1) is 15.2 Å². The zero-order valence-corrected chi connectivity index (χ0v) is 14.3. The number of amides is 1. The predicted octanol–water partition coefficient (Wildman–Crippen LogP) is 5.02. The minimum absolute atomic E-state index is 0.173.